The van der Waals surface area contributed by atoms with Crippen molar-refractivity contribution < 1.29 is 24.2 Å². The molecule has 0 unspecified atom stereocenters. The number of rotatable bonds is 6. The molecule has 2 heterocycles. The van der Waals surface area contributed by atoms with Crippen LogP contribution in [-0.2, 0) is 28.0 Å². The number of para-hydroxylation sites is 1. The Balaban J connectivity index is 1.52. The highest BCUT2D eigenvalue weighted by atomic mass is 16.5. The molecule has 2 aromatic carbocycles. The van der Waals surface area contributed by atoms with Crippen LogP contribution in [0.1, 0.15) is 48.4 Å². The van der Waals surface area contributed by atoms with Crippen LogP contribution in [0.2, 0.25) is 0 Å². The second kappa shape index (κ2) is 9.97. The first-order chi connectivity index (χ1) is 17.9. The van der Waals surface area contributed by atoms with E-state index < -0.39 is 11.9 Å². The molecule has 8 heteroatoms. The molecule has 0 bridgehead atoms. The van der Waals surface area contributed by atoms with E-state index in [0.29, 0.717) is 34.5 Å². The Morgan fingerprint density at radius 2 is 2.00 bits per heavy atom. The Labute approximate surface area is 215 Å². The van der Waals surface area contributed by atoms with Crippen molar-refractivity contribution in [3.63, 3.8) is 0 Å². The van der Waals surface area contributed by atoms with Gasteiger partial charge in [-0.15, -0.1) is 0 Å². The van der Waals surface area contributed by atoms with Crippen molar-refractivity contribution in [2.75, 3.05) is 7.11 Å². The topological polar surface area (TPSA) is 103 Å². The van der Waals surface area contributed by atoms with E-state index in [2.05, 4.69) is 10.3 Å². The smallest absolute Gasteiger partial charge is 0.337 e. The number of hydrogen-bond donors (Lipinski definition) is 2. The molecule has 0 fully saturated rings. The quantitative estimate of drug-likeness (QED) is 0.489. The summed E-state index contributed by atoms with van der Waals surface area (Å²) < 4.78 is 13.0. The molecule has 1 aromatic heterocycles. The van der Waals surface area contributed by atoms with Crippen LogP contribution in [-0.4, -0.2) is 33.5 Å². The maximum absolute atomic E-state index is 13.7. The van der Waals surface area contributed by atoms with Gasteiger partial charge in [-0.2, -0.15) is 0 Å². The predicted molar refractivity (Wildman–Crippen MR) is 137 cm³/mol. The van der Waals surface area contributed by atoms with Crippen molar-refractivity contribution in [2.24, 2.45) is 7.05 Å². The molecule has 8 nitrogen and oxygen atoms in total. The molecule has 2 atom stereocenters. The van der Waals surface area contributed by atoms with Crippen molar-refractivity contribution in [3.05, 3.63) is 100 Å². The zero-order chi connectivity index (χ0) is 26.1. The lowest BCUT2D eigenvalue weighted by atomic mass is 9.71. The predicted octanol–water partition coefficient (Wildman–Crippen LogP) is 4.24. The fourth-order valence-electron chi connectivity index (χ4n) is 5.33. The fraction of sp³-hybridized carbons (Fsp3) is 0.276. The summed E-state index contributed by atoms with van der Waals surface area (Å²) >= 11 is 0. The number of carbonyl (C=O) groups excluding carboxylic acids is 2. The van der Waals surface area contributed by atoms with Crippen LogP contribution < -0.4 is 10.1 Å². The van der Waals surface area contributed by atoms with Gasteiger partial charge in [0.25, 0.3) is 0 Å². The molecule has 2 aliphatic rings. The molecule has 0 spiro atoms. The minimum Gasteiger partial charge on any atom is -0.508 e. The van der Waals surface area contributed by atoms with E-state index in [4.69, 9.17) is 9.47 Å². The molecule has 5 rings (SSSR count). The summed E-state index contributed by atoms with van der Waals surface area (Å²) in [5.74, 6) is -0.505. The molecule has 2 N–H and O–H groups in total. The molecule has 37 heavy (non-hydrogen) atoms. The van der Waals surface area contributed by atoms with E-state index in [9.17, 15) is 14.7 Å². The number of phenolic OH excluding ortho intramolecular Hbond substituents is 1. The van der Waals surface area contributed by atoms with Crippen LogP contribution in [0.4, 0.5) is 0 Å². The number of ether oxygens (including phenoxy) is 2. The van der Waals surface area contributed by atoms with Gasteiger partial charge in [0, 0.05) is 48.5 Å². The van der Waals surface area contributed by atoms with Gasteiger partial charge >= 0.3 is 5.97 Å². The highest BCUT2D eigenvalue weighted by molar-refractivity contribution is 6.04. The van der Waals surface area contributed by atoms with Gasteiger partial charge in [-0.3, -0.25) is 4.79 Å². The summed E-state index contributed by atoms with van der Waals surface area (Å²) in [7, 11) is 3.47. The van der Waals surface area contributed by atoms with E-state index in [0.717, 1.165) is 17.0 Å². The van der Waals surface area contributed by atoms with E-state index in [1.54, 1.807) is 42.4 Å². The number of aromatic nitrogens is 2. The summed E-state index contributed by atoms with van der Waals surface area (Å²) in [5, 5.41) is 13.6. The van der Waals surface area contributed by atoms with E-state index >= 15 is 0 Å². The van der Waals surface area contributed by atoms with Crippen LogP contribution >= 0.6 is 0 Å². The first-order valence-electron chi connectivity index (χ1n) is 12.2. The molecular formula is C29H29N3O5. The second-order valence-electron chi connectivity index (χ2n) is 9.46. The van der Waals surface area contributed by atoms with Crippen LogP contribution in [0.3, 0.4) is 0 Å². The zero-order valence-electron chi connectivity index (χ0n) is 21.0. The lowest BCUT2D eigenvalue weighted by Gasteiger charge is -2.37. The Hall–Kier alpha value is -4.33. The summed E-state index contributed by atoms with van der Waals surface area (Å²) in [6, 6.07) is 14.4. The SMILES string of the molecule is COc1ccccc1[C@H]1CC(=O)C2=C(C1)NC(C)=C(C(=O)OCc1cn(C)cn1)[C@H]2c1cccc(O)c1. The number of aromatic hydroxyl groups is 1. The van der Waals surface area contributed by atoms with Gasteiger partial charge < -0.3 is 24.5 Å². The zero-order valence-corrected chi connectivity index (χ0v) is 21.0. The number of hydrogen-bond acceptors (Lipinski definition) is 7. The van der Waals surface area contributed by atoms with Crippen molar-refractivity contribution in [1.82, 2.24) is 14.9 Å². The Bertz CT molecular complexity index is 1430. The monoisotopic (exact) mass is 499 g/mol. The molecular weight excluding hydrogens is 470 g/mol. The summed E-state index contributed by atoms with van der Waals surface area (Å²) in [5.41, 5.74) is 4.53. The largest absolute Gasteiger partial charge is 0.508 e. The van der Waals surface area contributed by atoms with Gasteiger partial charge in [-0.25, -0.2) is 9.78 Å². The number of phenols is 1. The summed E-state index contributed by atoms with van der Waals surface area (Å²) in [6.07, 6.45) is 4.29. The molecule has 1 aliphatic carbocycles. The third-order valence-corrected chi connectivity index (χ3v) is 6.94. The van der Waals surface area contributed by atoms with Crippen molar-refractivity contribution in [3.8, 4) is 11.5 Å². The van der Waals surface area contributed by atoms with Gasteiger partial charge in [-0.05, 0) is 42.7 Å². The minimum atomic E-state index is -0.661. The molecule has 3 aromatic rings. The first-order valence-corrected chi connectivity index (χ1v) is 12.2. The third-order valence-electron chi connectivity index (χ3n) is 6.94. The van der Waals surface area contributed by atoms with Crippen molar-refractivity contribution in [1.29, 1.82) is 0 Å². The molecule has 0 saturated carbocycles. The minimum absolute atomic E-state index is 0.0128. The highest BCUT2D eigenvalue weighted by Crippen LogP contribution is 2.47. The normalized spacial score (nSPS) is 19.4. The van der Waals surface area contributed by atoms with Crippen LogP contribution in [0.5, 0.6) is 11.5 Å². The Morgan fingerprint density at radius 3 is 2.73 bits per heavy atom. The van der Waals surface area contributed by atoms with Crippen LogP contribution in [0, 0.1) is 0 Å². The Morgan fingerprint density at radius 1 is 1.19 bits per heavy atom. The molecule has 0 radical (unpaired) electrons. The van der Waals surface area contributed by atoms with Gasteiger partial charge in [-0.1, -0.05) is 30.3 Å². The van der Waals surface area contributed by atoms with Gasteiger partial charge in [0.1, 0.15) is 18.1 Å². The number of benzene rings is 2. The number of nitrogens with zero attached hydrogens (tertiary/aromatic N) is 2. The number of allylic oxidation sites excluding steroid dienone is 3. The van der Waals surface area contributed by atoms with Crippen molar-refractivity contribution in [2.45, 2.75) is 38.2 Å². The number of Topliss-reactive ketones (excluding diaryl/α,β-unsaturated/α-hetero) is 1. The van der Waals surface area contributed by atoms with E-state index in [1.807, 2.05) is 44.3 Å². The number of methoxy groups -OCH3 is 1. The molecule has 1 aliphatic heterocycles. The summed E-state index contributed by atoms with van der Waals surface area (Å²) in [4.78, 5) is 31.4. The maximum Gasteiger partial charge on any atom is 0.337 e. The van der Waals surface area contributed by atoms with E-state index in [1.165, 1.54) is 0 Å². The maximum atomic E-state index is 13.7. The second-order valence-corrected chi connectivity index (χ2v) is 9.46. The average Bonchev–Trinajstić information content (AvgIpc) is 3.31. The number of carbonyl (C=O) groups is 2. The Kier molecular flexibility index (Phi) is 6.56. The van der Waals surface area contributed by atoms with Crippen LogP contribution in [0.25, 0.3) is 0 Å². The molecule has 190 valence electrons. The van der Waals surface area contributed by atoms with Crippen LogP contribution in [0.15, 0.2) is 83.6 Å². The number of imidazole rings is 1. The fourth-order valence-corrected chi connectivity index (χ4v) is 5.33. The number of esters is 1. The highest BCUT2D eigenvalue weighted by Gasteiger charge is 2.42. The van der Waals surface area contributed by atoms with Crippen molar-refractivity contribution >= 4 is 11.8 Å². The first kappa shape index (κ1) is 24.4. The summed E-state index contributed by atoms with van der Waals surface area (Å²) in [6.45, 7) is 1.83. The molecule has 0 saturated heterocycles. The number of nitrogens with one attached hydrogen (secondary N) is 1. The molecule has 0 amide bonds. The third kappa shape index (κ3) is 4.74. The lowest BCUT2D eigenvalue weighted by Crippen LogP contribution is -2.36. The van der Waals surface area contributed by atoms with Gasteiger partial charge in [0.2, 0.25) is 0 Å². The average molecular weight is 500 g/mol. The van der Waals surface area contributed by atoms with E-state index in [-0.39, 0.29) is 30.5 Å². The standard InChI is InChI=1S/C29H29N3O5/c1-17-26(29(35)37-15-20-14-32(2)16-30-20)27(18-7-6-8-21(33)11-18)28-23(31-17)12-19(13-24(28)34)22-9-4-5-10-25(22)36-3/h4-11,14,16,19,27,31,33H,12-13,15H2,1-3H3/t19-,27-/m1/s1. The number of aryl methyl sites for hydroxylation is 1. The lowest BCUT2D eigenvalue weighted by molar-refractivity contribution is -0.140. The number of ketones is 1. The number of dihydropyridines is 1. The van der Waals surface area contributed by atoms with Gasteiger partial charge in [0.05, 0.1) is 24.7 Å². The van der Waals surface area contributed by atoms with Gasteiger partial charge in [0.15, 0.2) is 5.78 Å².